The molecule has 2 aliphatic heterocycles. The second kappa shape index (κ2) is 9.67. The first-order chi connectivity index (χ1) is 16.8. The van der Waals surface area contributed by atoms with Crippen molar-refractivity contribution in [3.63, 3.8) is 0 Å². The summed E-state index contributed by atoms with van der Waals surface area (Å²) < 4.78 is 45.6. The van der Waals surface area contributed by atoms with E-state index in [1.807, 2.05) is 18.2 Å². The molecule has 2 N–H and O–H groups in total. The monoisotopic (exact) mass is 506 g/mol. The van der Waals surface area contributed by atoms with E-state index in [0.29, 0.717) is 11.6 Å². The number of rotatable bonds is 5. The lowest BCUT2D eigenvalue weighted by Gasteiger charge is -2.40. The lowest BCUT2D eigenvalue weighted by Crippen LogP contribution is -2.49. The van der Waals surface area contributed by atoms with Gasteiger partial charge in [0.25, 0.3) is 0 Å². The summed E-state index contributed by atoms with van der Waals surface area (Å²) in [6.45, 7) is 5.42. The van der Waals surface area contributed by atoms with Crippen LogP contribution in [0.3, 0.4) is 0 Å². The van der Waals surface area contributed by atoms with Crippen molar-refractivity contribution >= 4 is 33.1 Å². The molecule has 1 unspecified atom stereocenters. The van der Waals surface area contributed by atoms with Crippen LogP contribution in [0.2, 0.25) is 0 Å². The van der Waals surface area contributed by atoms with E-state index in [-0.39, 0.29) is 10.8 Å². The molecule has 0 spiro atoms. The van der Waals surface area contributed by atoms with E-state index in [1.54, 1.807) is 0 Å². The summed E-state index contributed by atoms with van der Waals surface area (Å²) in [6, 6.07) is 7.19. The minimum atomic E-state index is -4.66. The van der Waals surface area contributed by atoms with Crippen molar-refractivity contribution in [1.29, 1.82) is 0 Å². The molecule has 0 saturated carbocycles. The predicted octanol–water partition coefficient (Wildman–Crippen LogP) is 3.02. The van der Waals surface area contributed by atoms with Gasteiger partial charge < -0.3 is 15.4 Å². The number of hydrogen-bond donors (Lipinski definition) is 1. The van der Waals surface area contributed by atoms with Crippen LogP contribution in [0.5, 0.6) is 0 Å². The van der Waals surface area contributed by atoms with Gasteiger partial charge in [-0.15, -0.1) is 11.3 Å². The van der Waals surface area contributed by atoms with Crippen LogP contribution in [-0.2, 0) is 15.7 Å². The van der Waals surface area contributed by atoms with E-state index >= 15 is 0 Å². The first-order valence-corrected chi connectivity index (χ1v) is 12.3. The number of aromatic nitrogens is 3. The highest BCUT2D eigenvalue weighted by atomic mass is 32.1. The lowest BCUT2D eigenvalue weighted by atomic mass is 10.0. The first kappa shape index (κ1) is 23.9. The molecule has 0 bridgehead atoms. The molecule has 2 fully saturated rings. The third-order valence-corrected chi connectivity index (χ3v) is 7.62. The fourth-order valence-electron chi connectivity index (χ4n) is 4.71. The average Bonchev–Trinajstić information content (AvgIpc) is 3.27. The summed E-state index contributed by atoms with van der Waals surface area (Å²) in [4.78, 5) is 29.0. The Hall–Kier alpha value is -2.83. The number of carbonyl (C=O) groups excluding carboxylic acids is 1. The number of morpholine rings is 1. The summed E-state index contributed by atoms with van der Waals surface area (Å²) >= 11 is 1.22. The van der Waals surface area contributed by atoms with E-state index in [1.165, 1.54) is 11.3 Å². The van der Waals surface area contributed by atoms with Crippen LogP contribution in [0.4, 0.5) is 18.9 Å². The minimum absolute atomic E-state index is 0.273. The van der Waals surface area contributed by atoms with E-state index in [0.717, 1.165) is 74.9 Å². The number of fused-ring (bicyclic) bond motifs is 1. The van der Waals surface area contributed by atoms with Crippen LogP contribution in [0.15, 0.2) is 30.5 Å². The number of nitrogens with two attached hydrogens (primary N) is 1. The molecule has 186 valence electrons. The Morgan fingerprint density at radius 1 is 1.11 bits per heavy atom. The molecule has 12 heteroatoms. The first-order valence-electron chi connectivity index (χ1n) is 11.5. The second-order valence-corrected chi connectivity index (χ2v) is 9.77. The highest BCUT2D eigenvalue weighted by molar-refractivity contribution is 7.18. The maximum atomic E-state index is 13.1. The van der Waals surface area contributed by atoms with E-state index in [2.05, 4.69) is 24.8 Å². The molecule has 3 aromatic rings. The van der Waals surface area contributed by atoms with Gasteiger partial charge in [-0.25, -0.2) is 15.0 Å². The van der Waals surface area contributed by atoms with Crippen LogP contribution in [0, 0.1) is 0 Å². The van der Waals surface area contributed by atoms with Crippen molar-refractivity contribution in [2.75, 3.05) is 44.3 Å². The number of alkyl halides is 3. The quantitative estimate of drug-likeness (QED) is 0.568. The van der Waals surface area contributed by atoms with E-state index in [4.69, 9.17) is 10.5 Å². The SMILES string of the molecule is NC(=O)C(c1nccc(C(F)(F)F)n1)c1nc2ccc(N3CCC(N4CCOCC4)CC3)cc2s1. The van der Waals surface area contributed by atoms with Crippen molar-refractivity contribution < 1.29 is 22.7 Å². The molecule has 35 heavy (non-hydrogen) atoms. The van der Waals surface area contributed by atoms with Gasteiger partial charge in [0.2, 0.25) is 5.91 Å². The van der Waals surface area contributed by atoms with Crippen molar-refractivity contribution in [3.8, 4) is 0 Å². The molecular weight excluding hydrogens is 481 g/mol. The molecule has 0 radical (unpaired) electrons. The number of halogens is 3. The van der Waals surface area contributed by atoms with Gasteiger partial charge >= 0.3 is 6.18 Å². The molecule has 4 heterocycles. The molecule has 0 aliphatic carbocycles. The van der Waals surface area contributed by atoms with Gasteiger partial charge in [-0.05, 0) is 37.1 Å². The average molecular weight is 507 g/mol. The number of primary amides is 1. The van der Waals surface area contributed by atoms with Crippen LogP contribution in [-0.4, -0.2) is 71.2 Å². The molecule has 1 atom stereocenters. The third kappa shape index (κ3) is 5.09. The number of carbonyl (C=O) groups is 1. The summed E-state index contributed by atoms with van der Waals surface area (Å²) in [6.07, 6.45) is -1.53. The highest BCUT2D eigenvalue weighted by Crippen LogP contribution is 2.35. The smallest absolute Gasteiger partial charge is 0.379 e. The number of thiazole rings is 1. The zero-order chi connectivity index (χ0) is 24.6. The molecule has 5 rings (SSSR count). The molecular formula is C23H25F3N6O2S. The molecule has 2 aromatic heterocycles. The third-order valence-electron chi connectivity index (χ3n) is 6.53. The Morgan fingerprint density at radius 3 is 2.54 bits per heavy atom. The Balaban J connectivity index is 1.36. The summed E-state index contributed by atoms with van der Waals surface area (Å²) in [7, 11) is 0. The van der Waals surface area contributed by atoms with Crippen LogP contribution in [0.25, 0.3) is 10.2 Å². The lowest BCUT2D eigenvalue weighted by molar-refractivity contribution is -0.141. The largest absolute Gasteiger partial charge is 0.433 e. The van der Waals surface area contributed by atoms with Gasteiger partial charge in [0.1, 0.15) is 22.4 Å². The number of benzene rings is 1. The normalized spacial score (nSPS) is 19.2. The van der Waals surface area contributed by atoms with Gasteiger partial charge in [0.05, 0.1) is 23.4 Å². The second-order valence-electron chi connectivity index (χ2n) is 8.70. The molecule has 1 aromatic carbocycles. The van der Waals surface area contributed by atoms with Crippen molar-refractivity contribution in [3.05, 3.63) is 47.0 Å². The Kier molecular flexibility index (Phi) is 6.60. The van der Waals surface area contributed by atoms with Crippen LogP contribution in [0.1, 0.15) is 35.3 Å². The molecule has 2 aliphatic rings. The standard InChI is InChI=1S/C23H25F3N6O2S/c24-23(25,26)18-3-6-28-21(30-18)19(20(27)33)22-29-16-2-1-15(13-17(16)35-22)31-7-4-14(5-8-31)32-9-11-34-12-10-32/h1-3,6,13-14,19H,4-5,7-12H2,(H2,27,33). The van der Waals surface area contributed by atoms with Gasteiger partial charge in [0, 0.05) is 44.1 Å². The predicted molar refractivity (Wildman–Crippen MR) is 125 cm³/mol. The van der Waals surface area contributed by atoms with Crippen LogP contribution < -0.4 is 10.6 Å². The highest BCUT2D eigenvalue weighted by Gasteiger charge is 2.35. The van der Waals surface area contributed by atoms with Crippen LogP contribution >= 0.6 is 11.3 Å². The Bertz CT molecular complexity index is 1210. The fraction of sp³-hybridized carbons (Fsp3) is 0.478. The topological polar surface area (TPSA) is 97.5 Å². The molecule has 8 nitrogen and oxygen atoms in total. The number of ether oxygens (including phenoxy) is 1. The minimum Gasteiger partial charge on any atom is -0.379 e. The number of amides is 1. The number of anilines is 1. The zero-order valence-corrected chi connectivity index (χ0v) is 19.7. The van der Waals surface area contributed by atoms with Gasteiger partial charge in [-0.1, -0.05) is 0 Å². The summed E-state index contributed by atoms with van der Waals surface area (Å²) in [5.41, 5.74) is 6.13. The maximum Gasteiger partial charge on any atom is 0.433 e. The number of nitrogens with zero attached hydrogens (tertiary/aromatic N) is 5. The zero-order valence-electron chi connectivity index (χ0n) is 18.9. The van der Waals surface area contributed by atoms with Gasteiger partial charge in [0.15, 0.2) is 0 Å². The van der Waals surface area contributed by atoms with Crippen molar-refractivity contribution in [2.24, 2.45) is 5.73 Å². The summed E-state index contributed by atoms with van der Waals surface area (Å²) in [5.74, 6) is -2.42. The summed E-state index contributed by atoms with van der Waals surface area (Å²) in [5, 5.41) is 0.273. The van der Waals surface area contributed by atoms with Gasteiger partial charge in [-0.2, -0.15) is 13.2 Å². The Labute approximate surface area is 203 Å². The fourth-order valence-corrected chi connectivity index (χ4v) is 5.82. The maximum absolute atomic E-state index is 13.1. The molecule has 2 saturated heterocycles. The van der Waals surface area contributed by atoms with Crippen molar-refractivity contribution in [2.45, 2.75) is 31.0 Å². The van der Waals surface area contributed by atoms with Crippen molar-refractivity contribution in [1.82, 2.24) is 19.9 Å². The van der Waals surface area contributed by atoms with E-state index in [9.17, 15) is 18.0 Å². The van der Waals surface area contributed by atoms with E-state index < -0.39 is 23.7 Å². The molecule has 1 amide bonds. The van der Waals surface area contributed by atoms with Gasteiger partial charge in [-0.3, -0.25) is 9.69 Å². The number of hydrogen-bond acceptors (Lipinski definition) is 8. The number of piperidine rings is 1. The Morgan fingerprint density at radius 2 is 1.86 bits per heavy atom.